The van der Waals surface area contributed by atoms with Crippen LogP contribution >= 0.6 is 0 Å². The molecule has 2 nitrogen and oxygen atoms in total. The Balaban J connectivity index is 2.14. The molecular weight excluding hydrogens is 184 g/mol. The minimum atomic E-state index is 1.01. The van der Waals surface area contributed by atoms with Gasteiger partial charge in [-0.1, -0.05) is 12.1 Å². The number of hydrogen-bond donors (Lipinski definition) is 0. The molecule has 71 valence electrons. The third-order valence-corrected chi connectivity index (χ3v) is 2.45. The van der Waals surface area contributed by atoms with E-state index >= 15 is 0 Å². The first-order valence-electron chi connectivity index (χ1n) is 4.86. The van der Waals surface area contributed by atoms with Crippen LogP contribution in [-0.2, 0) is 0 Å². The van der Waals surface area contributed by atoms with Gasteiger partial charge in [-0.25, -0.2) is 0 Å². The second kappa shape index (κ2) is 3.24. The molecule has 0 amide bonds. The van der Waals surface area contributed by atoms with E-state index in [1.54, 1.807) is 0 Å². The van der Waals surface area contributed by atoms with Crippen molar-refractivity contribution < 1.29 is 0 Å². The molecule has 0 bridgehead atoms. The van der Waals surface area contributed by atoms with Crippen molar-refractivity contribution >= 4 is 16.6 Å². The van der Waals surface area contributed by atoms with Gasteiger partial charge in [0.15, 0.2) is 0 Å². The maximum Gasteiger partial charge on any atom is 0.0702 e. The highest BCUT2D eigenvalue weighted by Gasteiger charge is 2.04. The number of rotatable bonds is 1. The zero-order chi connectivity index (χ0) is 10.1. The van der Waals surface area contributed by atoms with Crippen LogP contribution in [0.15, 0.2) is 54.9 Å². The van der Waals surface area contributed by atoms with Crippen LogP contribution in [0, 0.1) is 0 Å². The summed E-state index contributed by atoms with van der Waals surface area (Å²) in [5.74, 6) is 0. The van der Waals surface area contributed by atoms with Crippen LogP contribution in [0.4, 0.5) is 0 Å². The largest absolute Gasteiger partial charge is 0.256 e. The zero-order valence-electron chi connectivity index (χ0n) is 8.09. The SMILES string of the molecule is C1=C[N]C(c2ccc3ncccc3c2)=C1. The molecule has 2 heteroatoms. The summed E-state index contributed by atoms with van der Waals surface area (Å²) in [5, 5.41) is 5.42. The third-order valence-electron chi connectivity index (χ3n) is 2.45. The van der Waals surface area contributed by atoms with E-state index in [9.17, 15) is 0 Å². The first kappa shape index (κ1) is 8.24. The quantitative estimate of drug-likeness (QED) is 0.684. The molecule has 1 aromatic heterocycles. The van der Waals surface area contributed by atoms with E-state index in [1.807, 2.05) is 36.7 Å². The molecule has 1 aromatic carbocycles. The molecule has 1 radical (unpaired) electrons. The molecule has 0 N–H and O–H groups in total. The van der Waals surface area contributed by atoms with Crippen molar-refractivity contribution in [3.05, 3.63) is 60.4 Å². The molecule has 0 spiro atoms. The van der Waals surface area contributed by atoms with Crippen molar-refractivity contribution in [2.45, 2.75) is 0 Å². The second-order valence-electron chi connectivity index (χ2n) is 3.43. The fraction of sp³-hybridized carbons (Fsp3) is 0. The molecule has 0 saturated heterocycles. The van der Waals surface area contributed by atoms with E-state index in [0.29, 0.717) is 0 Å². The fourth-order valence-corrected chi connectivity index (χ4v) is 1.71. The Bertz CT molecular complexity index is 568. The highest BCUT2D eigenvalue weighted by atomic mass is 14.9. The van der Waals surface area contributed by atoms with Crippen molar-refractivity contribution in [3.63, 3.8) is 0 Å². The van der Waals surface area contributed by atoms with Crippen molar-refractivity contribution in [2.24, 2.45) is 0 Å². The van der Waals surface area contributed by atoms with Crippen LogP contribution in [0.1, 0.15) is 5.56 Å². The van der Waals surface area contributed by atoms with Crippen LogP contribution in [0.3, 0.4) is 0 Å². The second-order valence-corrected chi connectivity index (χ2v) is 3.43. The van der Waals surface area contributed by atoms with Crippen molar-refractivity contribution in [3.8, 4) is 0 Å². The van der Waals surface area contributed by atoms with Crippen molar-refractivity contribution in [2.75, 3.05) is 0 Å². The lowest BCUT2D eigenvalue weighted by Crippen LogP contribution is -1.91. The van der Waals surface area contributed by atoms with E-state index in [-0.39, 0.29) is 0 Å². The molecule has 3 rings (SSSR count). The number of hydrogen-bond acceptors (Lipinski definition) is 1. The van der Waals surface area contributed by atoms with Gasteiger partial charge in [0.05, 0.1) is 11.2 Å². The Labute approximate surface area is 88.0 Å². The summed E-state index contributed by atoms with van der Waals surface area (Å²) < 4.78 is 0. The summed E-state index contributed by atoms with van der Waals surface area (Å²) in [4.78, 5) is 4.28. The average molecular weight is 193 g/mol. The summed E-state index contributed by atoms with van der Waals surface area (Å²) in [5.41, 5.74) is 3.18. The summed E-state index contributed by atoms with van der Waals surface area (Å²) in [6.45, 7) is 0. The van der Waals surface area contributed by atoms with Gasteiger partial charge < -0.3 is 0 Å². The Kier molecular flexibility index (Phi) is 1.78. The number of fused-ring (bicyclic) bond motifs is 1. The Morgan fingerprint density at radius 3 is 2.93 bits per heavy atom. The number of benzene rings is 1. The Hall–Kier alpha value is -2.09. The summed E-state index contributed by atoms with van der Waals surface area (Å²) in [6.07, 6.45) is 7.58. The third kappa shape index (κ3) is 1.40. The van der Waals surface area contributed by atoms with Gasteiger partial charge in [-0.3, -0.25) is 10.3 Å². The minimum absolute atomic E-state index is 1.01. The van der Waals surface area contributed by atoms with Crippen molar-refractivity contribution in [1.29, 1.82) is 0 Å². The van der Waals surface area contributed by atoms with E-state index in [0.717, 1.165) is 22.2 Å². The lowest BCUT2D eigenvalue weighted by atomic mass is 10.1. The number of allylic oxidation sites excluding steroid dienone is 2. The molecule has 2 aromatic rings. The van der Waals surface area contributed by atoms with Gasteiger partial charge in [0, 0.05) is 23.3 Å². The molecule has 0 atom stereocenters. The van der Waals surface area contributed by atoms with Crippen LogP contribution in [0.5, 0.6) is 0 Å². The number of pyridine rings is 1. The average Bonchev–Trinajstić information content (AvgIpc) is 2.82. The summed E-state index contributed by atoms with van der Waals surface area (Å²) in [7, 11) is 0. The van der Waals surface area contributed by atoms with Gasteiger partial charge in [-0.2, -0.15) is 0 Å². The van der Waals surface area contributed by atoms with E-state index < -0.39 is 0 Å². The fourth-order valence-electron chi connectivity index (χ4n) is 1.71. The van der Waals surface area contributed by atoms with Crippen molar-refractivity contribution in [1.82, 2.24) is 10.3 Å². The standard InChI is InChI=1S/C13H9N2/c1-3-10-9-11(12-4-2-8-14-12)5-6-13(10)15-7-1/h1-9H. The van der Waals surface area contributed by atoms with Crippen LogP contribution in [0.2, 0.25) is 0 Å². The normalized spacial score (nSPS) is 14.0. The van der Waals surface area contributed by atoms with Gasteiger partial charge in [-0.05, 0) is 30.4 Å². The highest BCUT2D eigenvalue weighted by Crippen LogP contribution is 2.20. The zero-order valence-corrected chi connectivity index (χ0v) is 8.09. The highest BCUT2D eigenvalue weighted by molar-refractivity contribution is 5.83. The van der Waals surface area contributed by atoms with Gasteiger partial charge in [0.1, 0.15) is 0 Å². The molecule has 1 aliphatic rings. The Morgan fingerprint density at radius 2 is 2.07 bits per heavy atom. The predicted molar refractivity (Wildman–Crippen MR) is 61.0 cm³/mol. The Morgan fingerprint density at radius 1 is 1.07 bits per heavy atom. The molecular formula is C13H9N2. The topological polar surface area (TPSA) is 27.0 Å². The van der Waals surface area contributed by atoms with Gasteiger partial charge in [-0.15, -0.1) is 0 Å². The predicted octanol–water partition coefficient (Wildman–Crippen LogP) is 2.71. The van der Waals surface area contributed by atoms with E-state index in [4.69, 9.17) is 0 Å². The minimum Gasteiger partial charge on any atom is -0.256 e. The molecule has 0 aliphatic carbocycles. The molecule has 0 saturated carbocycles. The van der Waals surface area contributed by atoms with Gasteiger partial charge in [0.2, 0.25) is 0 Å². The lowest BCUT2D eigenvalue weighted by Gasteiger charge is -2.03. The van der Waals surface area contributed by atoms with Crippen LogP contribution in [0.25, 0.3) is 16.6 Å². The summed E-state index contributed by atoms with van der Waals surface area (Å²) in [6, 6.07) is 10.2. The first-order chi connectivity index (χ1) is 7.43. The maximum absolute atomic E-state index is 4.28. The smallest absolute Gasteiger partial charge is 0.0702 e. The molecule has 0 unspecified atom stereocenters. The monoisotopic (exact) mass is 193 g/mol. The molecule has 1 aliphatic heterocycles. The van der Waals surface area contributed by atoms with Gasteiger partial charge in [0.25, 0.3) is 0 Å². The van der Waals surface area contributed by atoms with Crippen LogP contribution in [-0.4, -0.2) is 4.98 Å². The van der Waals surface area contributed by atoms with Gasteiger partial charge >= 0.3 is 0 Å². The molecule has 0 fully saturated rings. The van der Waals surface area contributed by atoms with Crippen LogP contribution < -0.4 is 5.32 Å². The number of aromatic nitrogens is 1. The molecule has 15 heavy (non-hydrogen) atoms. The maximum atomic E-state index is 4.28. The first-order valence-corrected chi connectivity index (χ1v) is 4.86. The molecule has 2 heterocycles. The number of nitrogens with zero attached hydrogens (tertiary/aromatic N) is 2. The van der Waals surface area contributed by atoms with E-state index in [2.05, 4.69) is 28.5 Å². The summed E-state index contributed by atoms with van der Waals surface area (Å²) >= 11 is 0. The lowest BCUT2D eigenvalue weighted by molar-refractivity contribution is 1.23. The van der Waals surface area contributed by atoms with E-state index in [1.165, 1.54) is 0 Å².